The largest absolute Gasteiger partial charge is 0.497 e. The molecule has 6 nitrogen and oxygen atoms in total. The molecule has 0 bridgehead atoms. The van der Waals surface area contributed by atoms with Crippen LogP contribution in [0.15, 0.2) is 59.0 Å². The molecular formula is C22H23N3O3. The van der Waals surface area contributed by atoms with Gasteiger partial charge in [0.05, 0.1) is 13.2 Å². The Kier molecular flexibility index (Phi) is 5.37. The zero-order valence-electron chi connectivity index (χ0n) is 15.9. The first-order valence-corrected chi connectivity index (χ1v) is 9.56. The molecule has 144 valence electrons. The zero-order valence-corrected chi connectivity index (χ0v) is 15.9. The number of likely N-dealkylation sites (tertiary alicyclic amines) is 1. The topological polar surface area (TPSA) is 68.5 Å². The number of hydrogen-bond acceptors (Lipinski definition) is 5. The van der Waals surface area contributed by atoms with Crippen LogP contribution in [0.25, 0.3) is 11.5 Å². The van der Waals surface area contributed by atoms with Crippen molar-refractivity contribution in [3.63, 3.8) is 0 Å². The number of aromatic nitrogens is 2. The summed E-state index contributed by atoms with van der Waals surface area (Å²) in [5.74, 6) is 1.93. The monoisotopic (exact) mass is 377 g/mol. The summed E-state index contributed by atoms with van der Waals surface area (Å²) >= 11 is 0. The molecule has 28 heavy (non-hydrogen) atoms. The SMILES string of the molecule is COc1ccc([C@@H]2CCCN2C(=O)CCc2nnc(-c3ccccc3)o2)cc1. The maximum Gasteiger partial charge on any atom is 0.247 e. The van der Waals surface area contributed by atoms with Gasteiger partial charge in [0, 0.05) is 24.9 Å². The van der Waals surface area contributed by atoms with Gasteiger partial charge >= 0.3 is 0 Å². The molecule has 0 unspecified atom stereocenters. The zero-order chi connectivity index (χ0) is 19.3. The second kappa shape index (κ2) is 8.25. The molecule has 0 spiro atoms. The Morgan fingerprint density at radius 2 is 1.93 bits per heavy atom. The average Bonchev–Trinajstić information content (AvgIpc) is 3.43. The average molecular weight is 377 g/mol. The lowest BCUT2D eigenvalue weighted by atomic mass is 10.0. The van der Waals surface area contributed by atoms with Crippen LogP contribution >= 0.6 is 0 Å². The molecule has 1 aliphatic heterocycles. The molecular weight excluding hydrogens is 354 g/mol. The fraction of sp³-hybridized carbons (Fsp3) is 0.318. The Bertz CT molecular complexity index is 922. The third-order valence-electron chi connectivity index (χ3n) is 5.11. The van der Waals surface area contributed by atoms with E-state index in [9.17, 15) is 4.79 Å². The standard InChI is InChI=1S/C22H23N3O3/c1-27-18-11-9-16(10-12-18)19-8-5-15-25(19)21(26)14-13-20-23-24-22(28-20)17-6-3-2-4-7-17/h2-4,6-7,9-12,19H,5,8,13-15H2,1H3/t19-/m0/s1. The first kappa shape index (κ1) is 18.2. The summed E-state index contributed by atoms with van der Waals surface area (Å²) in [5, 5.41) is 8.17. The molecule has 1 atom stereocenters. The molecule has 1 saturated heterocycles. The minimum absolute atomic E-state index is 0.123. The number of amides is 1. The highest BCUT2D eigenvalue weighted by molar-refractivity contribution is 5.77. The Morgan fingerprint density at radius 3 is 2.68 bits per heavy atom. The normalized spacial score (nSPS) is 16.3. The van der Waals surface area contributed by atoms with Crippen molar-refractivity contribution in [2.75, 3.05) is 13.7 Å². The number of methoxy groups -OCH3 is 1. The number of carbonyl (C=O) groups is 1. The van der Waals surface area contributed by atoms with E-state index >= 15 is 0 Å². The second-order valence-electron chi connectivity index (χ2n) is 6.89. The van der Waals surface area contributed by atoms with E-state index in [1.807, 2.05) is 59.5 Å². The molecule has 2 aromatic carbocycles. The van der Waals surface area contributed by atoms with Crippen LogP contribution in [0, 0.1) is 0 Å². The predicted molar refractivity (Wildman–Crippen MR) is 105 cm³/mol. The minimum Gasteiger partial charge on any atom is -0.497 e. The molecule has 0 aliphatic carbocycles. The van der Waals surface area contributed by atoms with Gasteiger partial charge in [-0.2, -0.15) is 0 Å². The molecule has 6 heteroatoms. The first-order chi connectivity index (χ1) is 13.7. The van der Waals surface area contributed by atoms with Crippen molar-refractivity contribution in [3.8, 4) is 17.2 Å². The lowest BCUT2D eigenvalue weighted by Gasteiger charge is -2.25. The number of hydrogen-bond donors (Lipinski definition) is 0. The molecule has 0 radical (unpaired) electrons. The van der Waals surface area contributed by atoms with Gasteiger partial charge < -0.3 is 14.1 Å². The molecule has 3 aromatic rings. The van der Waals surface area contributed by atoms with Crippen LogP contribution in [0.2, 0.25) is 0 Å². The first-order valence-electron chi connectivity index (χ1n) is 9.56. The number of rotatable bonds is 6. The summed E-state index contributed by atoms with van der Waals surface area (Å²) in [7, 11) is 1.65. The van der Waals surface area contributed by atoms with E-state index in [-0.39, 0.29) is 11.9 Å². The summed E-state index contributed by atoms with van der Waals surface area (Å²) in [6.45, 7) is 0.786. The molecule has 1 aromatic heterocycles. The predicted octanol–water partition coefficient (Wildman–Crippen LogP) is 4.04. The van der Waals surface area contributed by atoms with Crippen LogP contribution in [0.5, 0.6) is 5.75 Å². The van der Waals surface area contributed by atoms with Crippen LogP contribution in [0.4, 0.5) is 0 Å². The van der Waals surface area contributed by atoms with Crippen LogP contribution in [-0.2, 0) is 11.2 Å². The molecule has 4 rings (SSSR count). The Hall–Kier alpha value is -3.15. The minimum atomic E-state index is 0.123. The van der Waals surface area contributed by atoms with Crippen molar-refractivity contribution < 1.29 is 13.9 Å². The van der Waals surface area contributed by atoms with E-state index in [2.05, 4.69) is 10.2 Å². The number of benzene rings is 2. The van der Waals surface area contributed by atoms with E-state index in [4.69, 9.17) is 9.15 Å². The molecule has 0 saturated carbocycles. The number of aryl methyl sites for hydroxylation is 1. The highest BCUT2D eigenvalue weighted by Crippen LogP contribution is 2.33. The van der Waals surface area contributed by atoms with Crippen LogP contribution in [-0.4, -0.2) is 34.7 Å². The number of nitrogens with zero attached hydrogens (tertiary/aromatic N) is 3. The Morgan fingerprint density at radius 1 is 1.14 bits per heavy atom. The van der Waals surface area contributed by atoms with E-state index in [0.29, 0.717) is 24.6 Å². The van der Waals surface area contributed by atoms with Gasteiger partial charge in [0.2, 0.25) is 17.7 Å². The van der Waals surface area contributed by atoms with Crippen molar-refractivity contribution in [1.82, 2.24) is 15.1 Å². The lowest BCUT2D eigenvalue weighted by Crippen LogP contribution is -2.30. The number of ether oxygens (including phenoxy) is 1. The van der Waals surface area contributed by atoms with Crippen molar-refractivity contribution in [3.05, 3.63) is 66.1 Å². The summed E-state index contributed by atoms with van der Waals surface area (Å²) in [5.41, 5.74) is 2.03. The van der Waals surface area contributed by atoms with E-state index in [1.165, 1.54) is 0 Å². The van der Waals surface area contributed by atoms with E-state index < -0.39 is 0 Å². The van der Waals surface area contributed by atoms with Gasteiger partial charge in [-0.25, -0.2) is 0 Å². The third-order valence-corrected chi connectivity index (χ3v) is 5.11. The van der Waals surface area contributed by atoms with E-state index in [1.54, 1.807) is 7.11 Å². The lowest BCUT2D eigenvalue weighted by molar-refractivity contribution is -0.132. The summed E-state index contributed by atoms with van der Waals surface area (Å²) in [6.07, 6.45) is 2.81. The van der Waals surface area contributed by atoms with Crippen LogP contribution < -0.4 is 4.74 Å². The Balaban J connectivity index is 1.38. The van der Waals surface area contributed by atoms with Gasteiger partial charge in [0.25, 0.3) is 0 Å². The van der Waals surface area contributed by atoms with Crippen molar-refractivity contribution in [2.45, 2.75) is 31.7 Å². The Labute approximate surface area is 164 Å². The van der Waals surface area contributed by atoms with Crippen LogP contribution in [0.1, 0.15) is 36.8 Å². The fourth-order valence-electron chi connectivity index (χ4n) is 3.65. The van der Waals surface area contributed by atoms with Gasteiger partial charge in [-0.15, -0.1) is 10.2 Å². The van der Waals surface area contributed by atoms with Gasteiger partial charge in [-0.1, -0.05) is 30.3 Å². The second-order valence-corrected chi connectivity index (χ2v) is 6.89. The quantitative estimate of drug-likeness (QED) is 0.648. The maximum absolute atomic E-state index is 12.8. The maximum atomic E-state index is 12.8. The molecule has 2 heterocycles. The molecule has 1 aliphatic rings. The summed E-state index contributed by atoms with van der Waals surface area (Å²) < 4.78 is 10.9. The molecule has 1 fully saturated rings. The fourth-order valence-corrected chi connectivity index (χ4v) is 3.65. The highest BCUT2D eigenvalue weighted by atomic mass is 16.5. The smallest absolute Gasteiger partial charge is 0.247 e. The third kappa shape index (κ3) is 3.91. The van der Waals surface area contributed by atoms with Gasteiger partial charge in [-0.3, -0.25) is 4.79 Å². The molecule has 1 amide bonds. The number of carbonyl (C=O) groups excluding carboxylic acids is 1. The van der Waals surface area contributed by atoms with Crippen molar-refractivity contribution >= 4 is 5.91 Å². The van der Waals surface area contributed by atoms with E-state index in [0.717, 1.165) is 36.3 Å². The van der Waals surface area contributed by atoms with Crippen molar-refractivity contribution in [1.29, 1.82) is 0 Å². The summed E-state index contributed by atoms with van der Waals surface area (Å²) in [6, 6.07) is 17.7. The highest BCUT2D eigenvalue weighted by Gasteiger charge is 2.29. The van der Waals surface area contributed by atoms with Gasteiger partial charge in [-0.05, 0) is 42.7 Å². The molecule has 0 N–H and O–H groups in total. The van der Waals surface area contributed by atoms with Gasteiger partial charge in [0.15, 0.2) is 0 Å². The van der Waals surface area contributed by atoms with Gasteiger partial charge in [0.1, 0.15) is 5.75 Å². The van der Waals surface area contributed by atoms with Crippen LogP contribution in [0.3, 0.4) is 0 Å². The van der Waals surface area contributed by atoms with Crippen molar-refractivity contribution in [2.24, 2.45) is 0 Å². The summed E-state index contributed by atoms with van der Waals surface area (Å²) in [4.78, 5) is 14.8.